The summed E-state index contributed by atoms with van der Waals surface area (Å²) in [7, 11) is -3.41. The minimum Gasteiger partial charge on any atom is -0.350 e. The van der Waals surface area contributed by atoms with Crippen LogP contribution in [-0.2, 0) is 21.2 Å². The molecule has 0 saturated heterocycles. The molecule has 6 heteroatoms. The number of nitrogens with one attached hydrogen (secondary N) is 1. The van der Waals surface area contributed by atoms with Gasteiger partial charge in [-0.3, -0.25) is 9.78 Å². The van der Waals surface area contributed by atoms with E-state index in [4.69, 9.17) is 0 Å². The normalized spacial score (nSPS) is 11.0. The van der Waals surface area contributed by atoms with Crippen molar-refractivity contribution in [3.05, 3.63) is 60.4 Å². The number of pyridine rings is 1. The SMILES string of the molecule is O=C(CCS(=O)(=O)c1ccccc1)NCc1ccccn1. The zero-order valence-corrected chi connectivity index (χ0v) is 12.2. The molecule has 0 saturated carbocycles. The Morgan fingerprint density at radius 1 is 1.05 bits per heavy atom. The number of nitrogens with zero attached hydrogens (tertiary/aromatic N) is 1. The van der Waals surface area contributed by atoms with E-state index in [0.717, 1.165) is 5.69 Å². The van der Waals surface area contributed by atoms with E-state index in [1.54, 1.807) is 36.5 Å². The molecule has 5 nitrogen and oxygen atoms in total. The first-order valence-corrected chi connectivity index (χ1v) is 8.17. The molecule has 2 rings (SSSR count). The molecule has 0 unspecified atom stereocenters. The first-order chi connectivity index (χ1) is 10.1. The van der Waals surface area contributed by atoms with Crippen LogP contribution >= 0.6 is 0 Å². The van der Waals surface area contributed by atoms with Crippen LogP contribution in [0.2, 0.25) is 0 Å². The highest BCUT2D eigenvalue weighted by Crippen LogP contribution is 2.10. The molecule has 1 aromatic heterocycles. The number of amides is 1. The van der Waals surface area contributed by atoms with Crippen LogP contribution in [0.1, 0.15) is 12.1 Å². The summed E-state index contributed by atoms with van der Waals surface area (Å²) in [4.78, 5) is 16.0. The second-order valence-corrected chi connectivity index (χ2v) is 6.59. The van der Waals surface area contributed by atoms with E-state index in [9.17, 15) is 13.2 Å². The summed E-state index contributed by atoms with van der Waals surface area (Å²) in [5.74, 6) is -0.509. The van der Waals surface area contributed by atoms with Crippen LogP contribution in [0.15, 0.2) is 59.6 Å². The van der Waals surface area contributed by atoms with Gasteiger partial charge in [-0.1, -0.05) is 24.3 Å². The van der Waals surface area contributed by atoms with Crippen LogP contribution in [0.5, 0.6) is 0 Å². The molecule has 0 fully saturated rings. The molecule has 1 aromatic carbocycles. The summed E-state index contributed by atoms with van der Waals surface area (Å²) in [5.41, 5.74) is 0.733. The Balaban J connectivity index is 1.84. The standard InChI is InChI=1S/C15H16N2O3S/c18-15(17-12-13-6-4-5-10-16-13)9-11-21(19,20)14-7-2-1-3-8-14/h1-8,10H,9,11-12H2,(H,17,18). The van der Waals surface area contributed by atoms with Crippen molar-refractivity contribution in [1.82, 2.24) is 10.3 Å². The number of aromatic nitrogens is 1. The molecule has 0 aliphatic carbocycles. The van der Waals surface area contributed by atoms with Crippen molar-refractivity contribution in [1.29, 1.82) is 0 Å². The Morgan fingerprint density at radius 3 is 2.43 bits per heavy atom. The summed E-state index contributed by atoms with van der Waals surface area (Å²) in [6.07, 6.45) is 1.57. The van der Waals surface area contributed by atoms with Gasteiger partial charge in [-0.15, -0.1) is 0 Å². The first-order valence-electron chi connectivity index (χ1n) is 6.52. The number of hydrogen-bond donors (Lipinski definition) is 1. The molecule has 21 heavy (non-hydrogen) atoms. The molecule has 0 bridgehead atoms. The highest BCUT2D eigenvalue weighted by Gasteiger charge is 2.15. The lowest BCUT2D eigenvalue weighted by atomic mass is 10.3. The van der Waals surface area contributed by atoms with Crippen LogP contribution in [0.3, 0.4) is 0 Å². The Labute approximate surface area is 124 Å². The minimum atomic E-state index is -3.41. The molecule has 110 valence electrons. The van der Waals surface area contributed by atoms with Crippen molar-refractivity contribution in [3.63, 3.8) is 0 Å². The molecule has 1 N–H and O–H groups in total. The first kappa shape index (κ1) is 15.2. The van der Waals surface area contributed by atoms with Crippen molar-refractivity contribution in [2.45, 2.75) is 17.9 Å². The van der Waals surface area contributed by atoms with Gasteiger partial charge in [0.1, 0.15) is 0 Å². The average molecular weight is 304 g/mol. The lowest BCUT2D eigenvalue weighted by molar-refractivity contribution is -0.120. The Kier molecular flexibility index (Phi) is 5.05. The summed E-state index contributed by atoms with van der Waals surface area (Å²) in [5, 5.41) is 2.66. The van der Waals surface area contributed by atoms with Crippen LogP contribution in [0.4, 0.5) is 0 Å². The Bertz CT molecular complexity index is 685. The highest BCUT2D eigenvalue weighted by atomic mass is 32.2. The van der Waals surface area contributed by atoms with Gasteiger partial charge in [0.25, 0.3) is 0 Å². The molecule has 0 aliphatic heterocycles. The van der Waals surface area contributed by atoms with E-state index < -0.39 is 9.84 Å². The Morgan fingerprint density at radius 2 is 1.76 bits per heavy atom. The zero-order chi connectivity index (χ0) is 15.1. The van der Waals surface area contributed by atoms with E-state index in [2.05, 4.69) is 10.3 Å². The van der Waals surface area contributed by atoms with Gasteiger partial charge in [0, 0.05) is 12.6 Å². The molecule has 0 spiro atoms. The molecule has 0 radical (unpaired) electrons. The number of carbonyl (C=O) groups excluding carboxylic acids is 1. The van der Waals surface area contributed by atoms with Crippen molar-refractivity contribution in [2.75, 3.05) is 5.75 Å². The number of hydrogen-bond acceptors (Lipinski definition) is 4. The maximum atomic E-state index is 12.0. The summed E-state index contributed by atoms with van der Waals surface area (Å²) in [6.45, 7) is 0.297. The van der Waals surface area contributed by atoms with Crippen LogP contribution in [-0.4, -0.2) is 25.1 Å². The largest absolute Gasteiger partial charge is 0.350 e. The lowest BCUT2D eigenvalue weighted by Gasteiger charge is -2.06. The van der Waals surface area contributed by atoms with Crippen LogP contribution < -0.4 is 5.32 Å². The van der Waals surface area contributed by atoms with Gasteiger partial charge in [0.2, 0.25) is 5.91 Å². The second-order valence-electron chi connectivity index (χ2n) is 4.48. The number of carbonyl (C=O) groups is 1. The van der Waals surface area contributed by atoms with Gasteiger partial charge in [-0.25, -0.2) is 8.42 Å². The summed E-state index contributed by atoms with van der Waals surface area (Å²) >= 11 is 0. The van der Waals surface area contributed by atoms with Gasteiger partial charge in [0.15, 0.2) is 9.84 Å². The fourth-order valence-corrected chi connectivity index (χ4v) is 3.01. The van der Waals surface area contributed by atoms with E-state index in [0.29, 0.717) is 6.54 Å². The van der Waals surface area contributed by atoms with Crippen molar-refractivity contribution in [3.8, 4) is 0 Å². The predicted octanol–water partition coefficient (Wildman–Crippen LogP) is 1.56. The monoisotopic (exact) mass is 304 g/mol. The van der Waals surface area contributed by atoms with Gasteiger partial charge in [0.05, 0.1) is 22.9 Å². The average Bonchev–Trinajstić information content (AvgIpc) is 2.53. The van der Waals surface area contributed by atoms with Gasteiger partial charge >= 0.3 is 0 Å². The highest BCUT2D eigenvalue weighted by molar-refractivity contribution is 7.91. The quantitative estimate of drug-likeness (QED) is 0.878. The van der Waals surface area contributed by atoms with Crippen molar-refractivity contribution < 1.29 is 13.2 Å². The fourth-order valence-electron chi connectivity index (χ4n) is 1.75. The molecule has 0 atom stereocenters. The summed E-state index contributed by atoms with van der Waals surface area (Å²) < 4.78 is 24.0. The van der Waals surface area contributed by atoms with E-state index in [1.165, 1.54) is 12.1 Å². The predicted molar refractivity (Wildman–Crippen MR) is 79.2 cm³/mol. The molecule has 1 amide bonds. The van der Waals surface area contributed by atoms with Gasteiger partial charge in [-0.2, -0.15) is 0 Å². The van der Waals surface area contributed by atoms with Crippen LogP contribution in [0, 0.1) is 0 Å². The molecule has 1 heterocycles. The molecular weight excluding hydrogens is 288 g/mol. The molecular formula is C15H16N2O3S. The van der Waals surface area contributed by atoms with E-state index >= 15 is 0 Å². The van der Waals surface area contributed by atoms with E-state index in [1.807, 2.05) is 6.07 Å². The smallest absolute Gasteiger partial charge is 0.221 e. The van der Waals surface area contributed by atoms with Crippen molar-refractivity contribution in [2.24, 2.45) is 0 Å². The minimum absolute atomic E-state index is 0.0654. The number of sulfone groups is 1. The maximum Gasteiger partial charge on any atom is 0.221 e. The third-order valence-corrected chi connectivity index (χ3v) is 4.62. The third-order valence-electron chi connectivity index (χ3n) is 2.89. The third kappa shape index (κ3) is 4.68. The maximum absolute atomic E-state index is 12.0. The van der Waals surface area contributed by atoms with Gasteiger partial charge in [-0.05, 0) is 24.3 Å². The van der Waals surface area contributed by atoms with Crippen molar-refractivity contribution >= 4 is 15.7 Å². The number of rotatable bonds is 6. The fraction of sp³-hybridized carbons (Fsp3) is 0.200. The van der Waals surface area contributed by atoms with Crippen LogP contribution in [0.25, 0.3) is 0 Å². The number of benzene rings is 1. The molecule has 0 aliphatic rings. The van der Waals surface area contributed by atoms with Gasteiger partial charge < -0.3 is 5.32 Å². The zero-order valence-electron chi connectivity index (χ0n) is 11.4. The second kappa shape index (κ2) is 6.99. The topological polar surface area (TPSA) is 76.1 Å². The lowest BCUT2D eigenvalue weighted by Crippen LogP contribution is -2.25. The molecule has 2 aromatic rings. The Hall–Kier alpha value is -2.21. The summed E-state index contributed by atoms with van der Waals surface area (Å²) in [6, 6.07) is 13.5. The van der Waals surface area contributed by atoms with E-state index in [-0.39, 0.29) is 23.0 Å².